The van der Waals surface area contributed by atoms with Crippen molar-refractivity contribution in [3.05, 3.63) is 45.0 Å². The molecule has 94 valence electrons. The molecule has 3 aromatic rings. The van der Waals surface area contributed by atoms with Gasteiger partial charge in [0.2, 0.25) is 5.95 Å². The molecular formula is C11H7N5O2S. The molecule has 7 nitrogen and oxygen atoms in total. The van der Waals surface area contributed by atoms with Crippen LogP contribution in [-0.2, 0) is 0 Å². The third-order valence-electron chi connectivity index (χ3n) is 2.56. The van der Waals surface area contributed by atoms with Crippen molar-refractivity contribution in [3.63, 3.8) is 0 Å². The normalized spacial score (nSPS) is 10.7. The van der Waals surface area contributed by atoms with Crippen molar-refractivity contribution in [1.29, 1.82) is 0 Å². The highest BCUT2D eigenvalue weighted by Gasteiger charge is 2.11. The Morgan fingerprint density at radius 1 is 1.26 bits per heavy atom. The Hall–Kier alpha value is -2.61. The summed E-state index contributed by atoms with van der Waals surface area (Å²) in [5.74, 6) is 0.102. The number of aromatic nitrogens is 3. The number of hydrogen-bond donors (Lipinski definition) is 1. The minimum Gasteiger partial charge on any atom is -0.368 e. The van der Waals surface area contributed by atoms with E-state index in [9.17, 15) is 9.70 Å². The van der Waals surface area contributed by atoms with Crippen LogP contribution in [-0.4, -0.2) is 14.5 Å². The Bertz CT molecular complexity index is 821. The zero-order chi connectivity index (χ0) is 13.4. The van der Waals surface area contributed by atoms with E-state index >= 15 is 0 Å². The van der Waals surface area contributed by atoms with Gasteiger partial charge in [-0.1, -0.05) is 11.3 Å². The average molecular weight is 273 g/mol. The van der Waals surface area contributed by atoms with Crippen LogP contribution >= 0.6 is 11.3 Å². The minimum absolute atomic E-state index is 0.102. The fraction of sp³-hybridized carbons (Fsp3) is 0. The Morgan fingerprint density at radius 3 is 2.68 bits per heavy atom. The van der Waals surface area contributed by atoms with Gasteiger partial charge in [-0.25, -0.2) is 4.98 Å². The van der Waals surface area contributed by atoms with Crippen LogP contribution in [0.3, 0.4) is 0 Å². The maximum atomic E-state index is 12.0. The van der Waals surface area contributed by atoms with Gasteiger partial charge < -0.3 is 5.73 Å². The molecule has 0 bridgehead atoms. The Balaban J connectivity index is 2.28. The van der Waals surface area contributed by atoms with Gasteiger partial charge in [0.05, 0.1) is 16.6 Å². The number of nitrogen functional groups attached to an aromatic ring is 1. The van der Waals surface area contributed by atoms with E-state index in [1.807, 2.05) is 0 Å². The van der Waals surface area contributed by atoms with Gasteiger partial charge in [0.1, 0.15) is 5.69 Å². The molecular weight excluding hydrogens is 266 g/mol. The summed E-state index contributed by atoms with van der Waals surface area (Å²) < 4.78 is 2.07. The first-order valence-corrected chi connectivity index (χ1v) is 6.08. The number of hydrogen-bond acceptors (Lipinski definition) is 7. The molecule has 0 aliphatic rings. The average Bonchev–Trinajstić information content (AvgIpc) is 2.74. The summed E-state index contributed by atoms with van der Waals surface area (Å²) in [6.45, 7) is 0. The van der Waals surface area contributed by atoms with Gasteiger partial charge in [-0.3, -0.25) is 9.36 Å². The molecule has 3 rings (SSSR count). The second kappa shape index (κ2) is 4.25. The van der Waals surface area contributed by atoms with E-state index in [0.717, 1.165) is 11.3 Å². The summed E-state index contributed by atoms with van der Waals surface area (Å²) >= 11 is 1.03. The molecule has 0 fully saturated rings. The summed E-state index contributed by atoms with van der Waals surface area (Å²) in [7, 11) is 0. The number of nitrogens with zero attached hydrogens (tertiary/aromatic N) is 4. The molecule has 0 saturated carbocycles. The lowest BCUT2D eigenvalue weighted by Crippen LogP contribution is -2.11. The quantitative estimate of drug-likeness (QED) is 0.717. The van der Waals surface area contributed by atoms with E-state index in [2.05, 4.69) is 15.1 Å². The molecule has 1 aromatic carbocycles. The van der Waals surface area contributed by atoms with Gasteiger partial charge in [0.15, 0.2) is 5.65 Å². The van der Waals surface area contributed by atoms with Crippen molar-refractivity contribution < 1.29 is 0 Å². The van der Waals surface area contributed by atoms with Crippen LogP contribution in [0.25, 0.3) is 16.0 Å². The maximum Gasteiger partial charge on any atom is 0.314 e. The van der Waals surface area contributed by atoms with Crippen LogP contribution < -0.4 is 10.6 Å². The Morgan fingerprint density at radius 2 is 2.00 bits per heavy atom. The van der Waals surface area contributed by atoms with E-state index in [1.165, 1.54) is 22.9 Å². The van der Waals surface area contributed by atoms with Crippen molar-refractivity contribution in [3.8, 4) is 5.69 Å². The lowest BCUT2D eigenvalue weighted by Gasteiger charge is -2.02. The fourth-order valence-corrected chi connectivity index (χ4v) is 2.53. The predicted octanol–water partition coefficient (Wildman–Crippen LogP) is 1.82. The van der Waals surface area contributed by atoms with E-state index in [4.69, 9.17) is 5.73 Å². The minimum atomic E-state index is -0.193. The van der Waals surface area contributed by atoms with Crippen molar-refractivity contribution >= 4 is 33.3 Å². The molecule has 2 heterocycles. The number of benzene rings is 1. The molecule has 2 N–H and O–H groups in total. The molecule has 0 radical (unpaired) electrons. The van der Waals surface area contributed by atoms with Crippen LogP contribution in [0, 0.1) is 4.91 Å². The van der Waals surface area contributed by atoms with E-state index in [0.29, 0.717) is 21.7 Å². The van der Waals surface area contributed by atoms with Crippen molar-refractivity contribution in [2.75, 3.05) is 5.73 Å². The smallest absolute Gasteiger partial charge is 0.314 e. The first-order chi connectivity index (χ1) is 9.19. The standard InChI is InChI=1S/C11H7N5O2S/c12-10-13-5-8-9(14-10)16(11(17)19-8)7-3-1-6(15-18)2-4-7/h1-5H,(H2,12,13,14). The lowest BCUT2D eigenvalue weighted by atomic mass is 10.3. The first kappa shape index (κ1) is 11.5. The highest BCUT2D eigenvalue weighted by atomic mass is 32.1. The van der Waals surface area contributed by atoms with Gasteiger partial charge in [0.25, 0.3) is 0 Å². The molecule has 8 heteroatoms. The Labute approximate surface area is 110 Å². The van der Waals surface area contributed by atoms with Crippen molar-refractivity contribution in [1.82, 2.24) is 14.5 Å². The summed E-state index contributed by atoms with van der Waals surface area (Å²) in [4.78, 5) is 30.1. The zero-order valence-corrected chi connectivity index (χ0v) is 10.3. The van der Waals surface area contributed by atoms with Gasteiger partial charge in [-0.15, -0.1) is 4.91 Å². The maximum absolute atomic E-state index is 12.0. The predicted molar refractivity (Wildman–Crippen MR) is 72.9 cm³/mol. The third kappa shape index (κ3) is 1.87. The van der Waals surface area contributed by atoms with E-state index in [-0.39, 0.29) is 10.8 Å². The van der Waals surface area contributed by atoms with Crippen LogP contribution in [0.4, 0.5) is 11.6 Å². The third-order valence-corrected chi connectivity index (χ3v) is 3.42. The zero-order valence-electron chi connectivity index (χ0n) is 9.48. The summed E-state index contributed by atoms with van der Waals surface area (Å²) in [5.41, 5.74) is 6.89. The van der Waals surface area contributed by atoms with Gasteiger partial charge >= 0.3 is 4.87 Å². The summed E-state index contributed by atoms with van der Waals surface area (Å²) in [5, 5.41) is 2.81. The molecule has 19 heavy (non-hydrogen) atoms. The van der Waals surface area contributed by atoms with Crippen LogP contribution in [0.15, 0.2) is 40.4 Å². The van der Waals surface area contributed by atoms with Crippen LogP contribution in [0.2, 0.25) is 0 Å². The SMILES string of the molecule is Nc1ncc2sc(=O)n(-c3ccc(N=O)cc3)c2n1. The summed E-state index contributed by atoms with van der Waals surface area (Å²) in [6.07, 6.45) is 1.52. The number of nitroso groups, excluding NO2 is 1. The van der Waals surface area contributed by atoms with Crippen molar-refractivity contribution in [2.45, 2.75) is 0 Å². The molecule has 0 aliphatic heterocycles. The lowest BCUT2D eigenvalue weighted by molar-refractivity contribution is 1.05. The topological polar surface area (TPSA) is 103 Å². The fourth-order valence-electron chi connectivity index (χ4n) is 1.72. The molecule has 0 atom stereocenters. The monoisotopic (exact) mass is 273 g/mol. The van der Waals surface area contributed by atoms with E-state index in [1.54, 1.807) is 12.1 Å². The molecule has 0 unspecified atom stereocenters. The highest BCUT2D eigenvalue weighted by Crippen LogP contribution is 2.21. The molecule has 0 spiro atoms. The van der Waals surface area contributed by atoms with E-state index < -0.39 is 0 Å². The molecule has 0 saturated heterocycles. The first-order valence-electron chi connectivity index (χ1n) is 5.27. The molecule has 2 aromatic heterocycles. The number of thiazole rings is 1. The number of fused-ring (bicyclic) bond motifs is 1. The molecule has 0 amide bonds. The number of rotatable bonds is 2. The molecule has 0 aliphatic carbocycles. The summed E-state index contributed by atoms with van der Waals surface area (Å²) in [6, 6.07) is 6.32. The van der Waals surface area contributed by atoms with Gasteiger partial charge in [-0.2, -0.15) is 4.98 Å². The second-order valence-corrected chi connectivity index (χ2v) is 4.72. The van der Waals surface area contributed by atoms with Crippen LogP contribution in [0.1, 0.15) is 0 Å². The largest absolute Gasteiger partial charge is 0.368 e. The Kier molecular flexibility index (Phi) is 2.57. The number of nitrogens with two attached hydrogens (primary N) is 1. The van der Waals surface area contributed by atoms with Gasteiger partial charge in [-0.05, 0) is 29.4 Å². The van der Waals surface area contributed by atoms with Crippen molar-refractivity contribution in [2.24, 2.45) is 5.18 Å². The number of anilines is 1. The van der Waals surface area contributed by atoms with Gasteiger partial charge in [0, 0.05) is 0 Å². The second-order valence-electron chi connectivity index (χ2n) is 3.73. The van der Waals surface area contributed by atoms with Crippen LogP contribution in [0.5, 0.6) is 0 Å². The highest BCUT2D eigenvalue weighted by molar-refractivity contribution is 7.16.